The number of Topliss-reactive ketones (excluding diaryl/α,β-unsaturated/α-hetero) is 2. The van der Waals surface area contributed by atoms with Crippen molar-refractivity contribution >= 4 is 96.9 Å². The number of carbonyl (C=O) groups is 4. The predicted molar refractivity (Wildman–Crippen MR) is 143 cm³/mol. The molecule has 1 aromatic rings. The molecular formula is C20H24I3NO9. The Morgan fingerprint density at radius 1 is 0.848 bits per heavy atom. The van der Waals surface area contributed by atoms with Gasteiger partial charge in [0.2, 0.25) is 0 Å². The number of aliphatic hydroxyl groups excluding tert-OH is 4. The van der Waals surface area contributed by atoms with E-state index >= 15 is 0 Å². The summed E-state index contributed by atoms with van der Waals surface area (Å²) in [7, 11) is 0. The standard InChI is InChI=1S/C20H24I3NO9/c1-9(27)33-8-14(32)24-20-18(22)15(12(30)4-2-10(28)6-25)17(21)16(19(20)23)13(31)5-3-11(29)7-26/h10-11,25-26,28-29H,2-8H2,1H3,(H,24,32). The van der Waals surface area contributed by atoms with Gasteiger partial charge < -0.3 is 30.5 Å². The molecule has 0 bridgehead atoms. The first-order valence-corrected chi connectivity index (χ1v) is 13.0. The van der Waals surface area contributed by atoms with E-state index in [4.69, 9.17) is 14.9 Å². The van der Waals surface area contributed by atoms with Crippen molar-refractivity contribution in [3.8, 4) is 0 Å². The Labute approximate surface area is 231 Å². The minimum absolute atomic E-state index is 0.00754. The van der Waals surface area contributed by atoms with Crippen LogP contribution in [0.15, 0.2) is 0 Å². The number of ketones is 2. The van der Waals surface area contributed by atoms with Crippen LogP contribution in [0.25, 0.3) is 0 Å². The van der Waals surface area contributed by atoms with Crippen molar-refractivity contribution in [1.29, 1.82) is 0 Å². The molecule has 10 nitrogen and oxygen atoms in total. The highest BCUT2D eigenvalue weighted by molar-refractivity contribution is 14.1. The fourth-order valence-electron chi connectivity index (χ4n) is 2.63. The highest BCUT2D eigenvalue weighted by atomic mass is 127. The van der Waals surface area contributed by atoms with Crippen molar-refractivity contribution in [2.45, 2.75) is 44.8 Å². The topological polar surface area (TPSA) is 170 Å². The Balaban J connectivity index is 3.47. The van der Waals surface area contributed by atoms with Crippen LogP contribution in [-0.4, -0.2) is 75.9 Å². The molecule has 0 heterocycles. The zero-order valence-corrected chi connectivity index (χ0v) is 24.0. The van der Waals surface area contributed by atoms with E-state index in [-0.39, 0.29) is 42.5 Å². The van der Waals surface area contributed by atoms with Gasteiger partial charge >= 0.3 is 5.97 Å². The van der Waals surface area contributed by atoms with E-state index in [0.29, 0.717) is 10.7 Å². The molecule has 0 aliphatic heterocycles. The summed E-state index contributed by atoms with van der Waals surface area (Å²) in [6, 6.07) is 0. The van der Waals surface area contributed by atoms with Crippen molar-refractivity contribution in [2.24, 2.45) is 0 Å². The van der Waals surface area contributed by atoms with E-state index in [1.165, 1.54) is 0 Å². The first kappa shape index (κ1) is 30.6. The van der Waals surface area contributed by atoms with E-state index in [1.54, 1.807) is 0 Å². The summed E-state index contributed by atoms with van der Waals surface area (Å²) in [5.74, 6) is -2.10. The number of halogens is 3. The number of esters is 1. The summed E-state index contributed by atoms with van der Waals surface area (Å²) in [5, 5.41) is 39.8. The smallest absolute Gasteiger partial charge is 0.303 e. The fraction of sp³-hybridized carbons (Fsp3) is 0.500. The third-order valence-corrected chi connectivity index (χ3v) is 7.61. The zero-order valence-electron chi connectivity index (χ0n) is 17.6. The Morgan fingerprint density at radius 2 is 1.27 bits per heavy atom. The Morgan fingerprint density at radius 3 is 1.64 bits per heavy atom. The minimum atomic E-state index is -1.07. The van der Waals surface area contributed by atoms with Crippen molar-refractivity contribution in [3.63, 3.8) is 0 Å². The molecule has 13 heteroatoms. The third kappa shape index (κ3) is 9.25. The maximum atomic E-state index is 13.0. The molecule has 0 saturated carbocycles. The van der Waals surface area contributed by atoms with Gasteiger partial charge in [0, 0.05) is 41.6 Å². The highest BCUT2D eigenvalue weighted by Gasteiger charge is 2.28. The zero-order chi connectivity index (χ0) is 25.3. The Kier molecular flexibility index (Phi) is 13.7. The van der Waals surface area contributed by atoms with Crippen LogP contribution in [0.4, 0.5) is 5.69 Å². The van der Waals surface area contributed by atoms with Gasteiger partial charge in [0.15, 0.2) is 18.2 Å². The molecule has 2 atom stereocenters. The molecule has 0 aromatic heterocycles. The molecule has 33 heavy (non-hydrogen) atoms. The fourth-order valence-corrected chi connectivity index (χ4v) is 7.27. The molecule has 2 unspecified atom stereocenters. The van der Waals surface area contributed by atoms with Crippen molar-refractivity contribution in [3.05, 3.63) is 21.8 Å². The number of anilines is 1. The molecule has 1 rings (SSSR count). The van der Waals surface area contributed by atoms with E-state index in [9.17, 15) is 29.4 Å². The van der Waals surface area contributed by atoms with Gasteiger partial charge in [-0.15, -0.1) is 0 Å². The van der Waals surface area contributed by atoms with E-state index in [2.05, 4.69) is 5.32 Å². The Bertz CT molecular complexity index is 854. The molecule has 0 saturated heterocycles. The van der Waals surface area contributed by atoms with Crippen LogP contribution in [0.3, 0.4) is 0 Å². The molecule has 1 amide bonds. The number of nitrogens with one attached hydrogen (secondary N) is 1. The number of rotatable bonds is 13. The van der Waals surface area contributed by atoms with Crippen LogP contribution in [0.1, 0.15) is 53.3 Å². The molecule has 5 N–H and O–H groups in total. The van der Waals surface area contributed by atoms with Gasteiger partial charge in [0.05, 0.1) is 31.1 Å². The van der Waals surface area contributed by atoms with E-state index in [0.717, 1.165) is 6.92 Å². The molecule has 184 valence electrons. The van der Waals surface area contributed by atoms with Gasteiger partial charge in [-0.05, 0) is 80.6 Å². The lowest BCUT2D eigenvalue weighted by Gasteiger charge is -2.19. The first-order valence-electron chi connectivity index (χ1n) is 9.72. The van der Waals surface area contributed by atoms with Gasteiger partial charge in [-0.2, -0.15) is 0 Å². The number of benzene rings is 1. The maximum absolute atomic E-state index is 13.0. The summed E-state index contributed by atoms with van der Waals surface area (Å²) in [5.41, 5.74) is 0.553. The molecule has 0 spiro atoms. The first-order chi connectivity index (χ1) is 15.4. The van der Waals surface area contributed by atoms with Crippen molar-refractivity contribution in [1.82, 2.24) is 0 Å². The summed E-state index contributed by atoms with van der Waals surface area (Å²) in [6.07, 6.45) is -2.34. The quantitative estimate of drug-likeness (QED) is 0.113. The molecular weight excluding hydrogens is 779 g/mol. The second-order valence-corrected chi connectivity index (χ2v) is 10.2. The van der Waals surface area contributed by atoms with Gasteiger partial charge in [-0.25, -0.2) is 0 Å². The largest absolute Gasteiger partial charge is 0.456 e. The van der Waals surface area contributed by atoms with Crippen LogP contribution >= 0.6 is 67.8 Å². The summed E-state index contributed by atoms with van der Waals surface area (Å²) < 4.78 is 5.79. The van der Waals surface area contributed by atoms with Gasteiger partial charge in [0.25, 0.3) is 5.91 Å². The number of hydrogen-bond acceptors (Lipinski definition) is 9. The maximum Gasteiger partial charge on any atom is 0.303 e. The molecule has 0 aliphatic carbocycles. The SMILES string of the molecule is CC(=O)OCC(=O)Nc1c(I)c(C(=O)CCC(O)CO)c(I)c(C(=O)CCC(O)CO)c1I. The molecule has 1 aromatic carbocycles. The lowest BCUT2D eigenvalue weighted by molar-refractivity contribution is -0.144. The van der Waals surface area contributed by atoms with Crippen LogP contribution in [0, 0.1) is 10.7 Å². The lowest BCUT2D eigenvalue weighted by atomic mass is 9.97. The average Bonchev–Trinajstić information content (AvgIpc) is 2.76. The second kappa shape index (κ2) is 14.8. The summed E-state index contributed by atoms with van der Waals surface area (Å²) >= 11 is 5.63. The normalized spacial score (nSPS) is 12.7. The molecule has 0 aliphatic rings. The van der Waals surface area contributed by atoms with Crippen LogP contribution in [0.2, 0.25) is 0 Å². The second-order valence-electron chi connectivity index (χ2n) is 6.99. The van der Waals surface area contributed by atoms with Crippen LogP contribution in [-0.2, 0) is 14.3 Å². The van der Waals surface area contributed by atoms with Crippen LogP contribution < -0.4 is 5.32 Å². The molecule has 0 fully saturated rings. The van der Waals surface area contributed by atoms with Gasteiger partial charge in [-0.1, -0.05) is 0 Å². The lowest BCUT2D eigenvalue weighted by Crippen LogP contribution is -2.24. The van der Waals surface area contributed by atoms with Crippen molar-refractivity contribution in [2.75, 3.05) is 25.1 Å². The van der Waals surface area contributed by atoms with Crippen LogP contribution in [0.5, 0.6) is 0 Å². The van der Waals surface area contributed by atoms with Crippen molar-refractivity contribution < 1.29 is 44.3 Å². The van der Waals surface area contributed by atoms with E-state index < -0.39 is 55.5 Å². The number of aliphatic hydroxyl groups is 4. The van der Waals surface area contributed by atoms with Gasteiger partial charge in [-0.3, -0.25) is 19.2 Å². The van der Waals surface area contributed by atoms with Gasteiger partial charge in [0.1, 0.15) is 0 Å². The average molecular weight is 803 g/mol. The Hall–Kier alpha value is -0.470. The number of carbonyl (C=O) groups excluding carboxylic acids is 4. The number of amides is 1. The summed E-state index contributed by atoms with van der Waals surface area (Å²) in [4.78, 5) is 49.3. The van der Waals surface area contributed by atoms with E-state index in [1.807, 2.05) is 67.8 Å². The highest BCUT2D eigenvalue weighted by Crippen LogP contribution is 2.37. The monoisotopic (exact) mass is 803 g/mol. The number of hydrogen-bond donors (Lipinski definition) is 5. The third-order valence-electron chi connectivity index (χ3n) is 4.38. The minimum Gasteiger partial charge on any atom is -0.456 e. The summed E-state index contributed by atoms with van der Waals surface area (Å²) in [6.45, 7) is -0.392. The predicted octanol–water partition coefficient (Wildman–Crippen LogP) is 1.63. The molecule has 0 radical (unpaired) electrons. The number of ether oxygens (including phenoxy) is 1.